The van der Waals surface area contributed by atoms with Gasteiger partial charge in [-0.3, -0.25) is 0 Å². The van der Waals surface area contributed by atoms with Crippen LogP contribution in [-0.4, -0.2) is 19.1 Å². The Bertz CT molecular complexity index is 2500. The zero-order valence-corrected chi connectivity index (χ0v) is 36.9. The number of imidazole rings is 2. The SMILES string of the molecule is Cn1[c-][n+](-c2[c-]c(Oc3[c-]c(-c4[c-]c(Oc5[c-]c(-[n+]6[c-]n(C)c7ccccc76)cc(C(C)(C)C)c5)ccn4)ncc3)cc(C(C)(C)C)c2)c2ccccc21.[Pt].[Pt]. The number of para-hydroxylation sites is 4. The summed E-state index contributed by atoms with van der Waals surface area (Å²) in [6.45, 7) is 13.1. The monoisotopic (exact) mass is 1100 g/mol. The Morgan fingerprint density at radius 3 is 1.30 bits per heavy atom. The predicted molar refractivity (Wildman–Crippen MR) is 207 cm³/mol. The zero-order chi connectivity index (χ0) is 37.8. The van der Waals surface area contributed by atoms with Crippen molar-refractivity contribution in [2.75, 3.05) is 0 Å². The van der Waals surface area contributed by atoms with E-state index in [1.165, 1.54) is 0 Å². The maximum Gasteiger partial charge on any atom is 0.242 e. The molecule has 4 aromatic heterocycles. The summed E-state index contributed by atoms with van der Waals surface area (Å²) in [5.41, 5.74) is 8.70. The van der Waals surface area contributed by atoms with Gasteiger partial charge in [0.2, 0.25) is 12.7 Å². The molecule has 0 radical (unpaired) electrons. The van der Waals surface area contributed by atoms with Crippen molar-refractivity contribution in [3.05, 3.63) is 145 Å². The molecule has 4 aromatic carbocycles. The molecule has 56 heavy (non-hydrogen) atoms. The Labute approximate surface area is 357 Å². The fourth-order valence-corrected chi connectivity index (χ4v) is 6.37. The van der Waals surface area contributed by atoms with Crippen molar-refractivity contribution in [3.63, 3.8) is 0 Å². The maximum absolute atomic E-state index is 6.45. The van der Waals surface area contributed by atoms with Crippen molar-refractivity contribution in [3.8, 4) is 45.8 Å². The fourth-order valence-electron chi connectivity index (χ4n) is 6.37. The Kier molecular flexibility index (Phi) is 11.6. The van der Waals surface area contributed by atoms with Crippen molar-refractivity contribution >= 4 is 22.1 Å². The smallest absolute Gasteiger partial charge is 0.242 e. The van der Waals surface area contributed by atoms with E-state index in [0.717, 1.165) is 44.6 Å². The molecule has 0 spiro atoms. The number of hydrogen-bond acceptors (Lipinski definition) is 4. The van der Waals surface area contributed by atoms with Crippen molar-refractivity contribution in [2.24, 2.45) is 14.1 Å². The minimum Gasteiger partial charge on any atom is -0.511 e. The Hall–Kier alpha value is -4.90. The third-order valence-electron chi connectivity index (χ3n) is 9.35. The molecule has 0 aliphatic carbocycles. The van der Waals surface area contributed by atoms with Crippen molar-refractivity contribution in [1.29, 1.82) is 0 Å². The number of pyridine rings is 2. The van der Waals surface area contributed by atoms with Crippen LogP contribution in [0.15, 0.2) is 97.3 Å². The summed E-state index contributed by atoms with van der Waals surface area (Å²) in [4.78, 5) is 9.13. The first-order chi connectivity index (χ1) is 25.8. The molecule has 290 valence electrons. The van der Waals surface area contributed by atoms with Crippen molar-refractivity contribution in [1.82, 2.24) is 19.1 Å². The van der Waals surface area contributed by atoms with E-state index < -0.39 is 0 Å². The molecule has 8 rings (SSSR count). The Balaban J connectivity index is 0.00000266. The number of fused-ring (bicyclic) bond motifs is 2. The van der Waals surface area contributed by atoms with E-state index >= 15 is 0 Å². The second-order valence-corrected chi connectivity index (χ2v) is 15.5. The summed E-state index contributed by atoms with van der Waals surface area (Å²) in [6, 6.07) is 41.8. The molecular formula is C46H40N6O2Pt2-4. The molecule has 0 saturated heterocycles. The summed E-state index contributed by atoms with van der Waals surface area (Å²) >= 11 is 0. The molecular weight excluding hydrogens is 1060 g/mol. The first-order valence-corrected chi connectivity index (χ1v) is 17.9. The van der Waals surface area contributed by atoms with E-state index in [-0.39, 0.29) is 53.0 Å². The van der Waals surface area contributed by atoms with E-state index in [1.807, 2.05) is 68.8 Å². The van der Waals surface area contributed by atoms with Crippen molar-refractivity contribution < 1.29 is 60.7 Å². The summed E-state index contributed by atoms with van der Waals surface area (Å²) in [5.74, 6) is 2.06. The van der Waals surface area contributed by atoms with E-state index in [1.54, 1.807) is 24.5 Å². The van der Waals surface area contributed by atoms with Gasteiger partial charge in [0.05, 0.1) is 36.2 Å². The molecule has 0 N–H and O–H groups in total. The van der Waals surface area contributed by atoms with Crippen LogP contribution < -0.4 is 18.6 Å². The molecule has 0 saturated carbocycles. The third-order valence-corrected chi connectivity index (χ3v) is 9.35. The van der Waals surface area contributed by atoms with E-state index in [0.29, 0.717) is 34.4 Å². The molecule has 8 aromatic rings. The average Bonchev–Trinajstić information content (AvgIpc) is 3.67. The van der Waals surface area contributed by atoms with Crippen LogP contribution in [0.4, 0.5) is 0 Å². The summed E-state index contributed by atoms with van der Waals surface area (Å²) in [7, 11) is 3.98. The Morgan fingerprint density at radius 1 is 0.518 bits per heavy atom. The van der Waals surface area contributed by atoms with Crippen LogP contribution in [0.5, 0.6) is 23.0 Å². The van der Waals surface area contributed by atoms with E-state index in [4.69, 9.17) is 9.47 Å². The molecule has 0 bridgehead atoms. The molecule has 4 heterocycles. The van der Waals surface area contributed by atoms with Gasteiger partial charge >= 0.3 is 0 Å². The van der Waals surface area contributed by atoms with Crippen LogP contribution in [0, 0.1) is 36.9 Å². The van der Waals surface area contributed by atoms with Gasteiger partial charge in [-0.25, -0.2) is 0 Å². The van der Waals surface area contributed by atoms with Gasteiger partial charge in [-0.05, 0) is 23.2 Å². The first kappa shape index (κ1) is 40.8. The van der Waals surface area contributed by atoms with Crippen LogP contribution in [0.25, 0.3) is 44.8 Å². The van der Waals surface area contributed by atoms with E-state index in [9.17, 15) is 0 Å². The predicted octanol–water partition coefficient (Wildman–Crippen LogP) is 8.66. The Morgan fingerprint density at radius 2 is 0.911 bits per heavy atom. The minimum absolute atomic E-state index is 0. The van der Waals surface area contributed by atoms with Crippen LogP contribution in [0.1, 0.15) is 52.7 Å². The zero-order valence-electron chi connectivity index (χ0n) is 32.4. The average molecular weight is 1100 g/mol. The fraction of sp³-hybridized carbons (Fsp3) is 0.217. The molecule has 0 amide bonds. The van der Waals surface area contributed by atoms with Gasteiger partial charge in [0.15, 0.2) is 0 Å². The summed E-state index contributed by atoms with van der Waals surface area (Å²) in [5, 5.41) is 0. The summed E-state index contributed by atoms with van der Waals surface area (Å²) in [6.07, 6.45) is 10.2. The van der Waals surface area contributed by atoms with E-state index in [2.05, 4.69) is 125 Å². The number of benzene rings is 4. The molecule has 10 heteroatoms. The number of aryl methyl sites for hydroxylation is 2. The minimum atomic E-state index is -0.143. The molecule has 0 aliphatic heterocycles. The molecule has 0 fully saturated rings. The van der Waals surface area contributed by atoms with Crippen LogP contribution >= 0.6 is 0 Å². The van der Waals surface area contributed by atoms with Gasteiger partial charge in [0.1, 0.15) is 0 Å². The standard InChI is InChI=1S/C46H40N6O2.2Pt/c1-45(2,3)31-21-33(51-29-49(7)41-13-9-11-15-43(41)51)25-37(23-31)53-35-17-19-47-39(27-35)40-28-36(18-20-48-40)54-38-24-32(46(4,5)6)22-34(26-38)52-30-50(8)42-14-10-12-16-44(42)52;;/h9-24H,1-8H3;;/q-4;;. The summed E-state index contributed by atoms with van der Waals surface area (Å²) < 4.78 is 20.9. The van der Waals surface area contributed by atoms with Crippen molar-refractivity contribution in [2.45, 2.75) is 52.4 Å². The van der Waals surface area contributed by atoms with Gasteiger partial charge in [0, 0.05) is 65.1 Å². The second kappa shape index (κ2) is 15.9. The second-order valence-electron chi connectivity index (χ2n) is 15.5. The quantitative estimate of drug-likeness (QED) is 0.119. The number of rotatable bonds is 7. The van der Waals surface area contributed by atoms with Gasteiger partial charge in [-0.15, -0.1) is 47.8 Å². The number of hydrogen-bond donors (Lipinski definition) is 0. The van der Waals surface area contributed by atoms with Crippen LogP contribution in [0.3, 0.4) is 0 Å². The number of aromatic nitrogens is 6. The maximum atomic E-state index is 6.45. The topological polar surface area (TPSA) is 61.9 Å². The van der Waals surface area contributed by atoms with Gasteiger partial charge in [-0.2, -0.15) is 35.4 Å². The largest absolute Gasteiger partial charge is 0.511 e. The molecule has 0 atom stereocenters. The third kappa shape index (κ3) is 8.28. The molecule has 8 nitrogen and oxygen atoms in total. The molecule has 0 unspecified atom stereocenters. The number of nitrogens with zero attached hydrogens (tertiary/aromatic N) is 6. The van der Waals surface area contributed by atoms with Gasteiger partial charge in [0.25, 0.3) is 0 Å². The first-order valence-electron chi connectivity index (χ1n) is 17.9. The molecule has 0 aliphatic rings. The van der Waals surface area contributed by atoms with Gasteiger partial charge in [-0.1, -0.05) is 101 Å². The normalized spacial score (nSPS) is 11.6. The number of ether oxygens (including phenoxy) is 2. The van der Waals surface area contributed by atoms with Crippen LogP contribution in [0.2, 0.25) is 0 Å². The van der Waals surface area contributed by atoms with Gasteiger partial charge < -0.3 is 37.7 Å². The van der Waals surface area contributed by atoms with Crippen LogP contribution in [-0.2, 0) is 67.1 Å².